The molecule has 4 rings (SSSR count). The highest BCUT2D eigenvalue weighted by Gasteiger charge is 2.30. The largest absolute Gasteiger partial charge is 0.497 e. The van der Waals surface area contributed by atoms with Gasteiger partial charge in [0.1, 0.15) is 11.6 Å². The maximum Gasteiger partial charge on any atom is 0.237 e. The number of hydrogen-bond donors (Lipinski definition) is 0. The van der Waals surface area contributed by atoms with Gasteiger partial charge in [0.25, 0.3) is 0 Å². The van der Waals surface area contributed by atoms with Crippen molar-refractivity contribution in [2.45, 2.75) is 25.4 Å². The number of nitrogens with zero attached hydrogens (tertiary/aromatic N) is 2. The van der Waals surface area contributed by atoms with E-state index in [0.717, 1.165) is 35.9 Å². The quantitative estimate of drug-likeness (QED) is 0.689. The summed E-state index contributed by atoms with van der Waals surface area (Å²) in [5.74, 6) is 1.35. The van der Waals surface area contributed by atoms with Crippen molar-refractivity contribution in [2.24, 2.45) is 5.92 Å². The van der Waals surface area contributed by atoms with Gasteiger partial charge in [0, 0.05) is 19.6 Å². The number of carbonyl (C=O) groups excluding carboxylic acids is 1. The van der Waals surface area contributed by atoms with E-state index < -0.39 is 0 Å². The second-order valence-electron chi connectivity index (χ2n) is 7.93. The summed E-state index contributed by atoms with van der Waals surface area (Å²) >= 11 is 0. The lowest BCUT2D eigenvalue weighted by Gasteiger charge is -2.34. The standard InChI is InChI=1S/C24H27FN2O2/c1-29-22-12-8-20(9-13-22)23-3-2-14-26(15-18-4-5-18)17-24(28)27(23)16-19-6-10-21(25)11-7-19/h2-3,6-13,18,23H,4-5,14-17H2,1H3/b3-2-/t23-/m1/s1. The molecule has 152 valence electrons. The molecular formula is C24H27FN2O2. The SMILES string of the molecule is COc1ccc([C@H]2/C=C\CN(CC3CC3)CC(=O)N2Cc2ccc(F)cc2)cc1. The van der Waals surface area contributed by atoms with E-state index in [9.17, 15) is 9.18 Å². The summed E-state index contributed by atoms with van der Waals surface area (Å²) in [5.41, 5.74) is 1.95. The van der Waals surface area contributed by atoms with Gasteiger partial charge in [-0.05, 0) is 54.2 Å². The Bertz CT molecular complexity index is 859. The van der Waals surface area contributed by atoms with Gasteiger partial charge in [0.15, 0.2) is 0 Å². The van der Waals surface area contributed by atoms with Crippen molar-refractivity contribution in [1.29, 1.82) is 0 Å². The number of benzene rings is 2. The molecule has 1 fully saturated rings. The fourth-order valence-electron chi connectivity index (χ4n) is 3.81. The van der Waals surface area contributed by atoms with Crippen LogP contribution in [-0.4, -0.2) is 42.5 Å². The van der Waals surface area contributed by atoms with E-state index >= 15 is 0 Å². The molecule has 0 spiro atoms. The first-order chi connectivity index (χ1) is 14.1. The molecule has 2 aliphatic rings. The average Bonchev–Trinajstić information content (AvgIpc) is 3.54. The van der Waals surface area contributed by atoms with Gasteiger partial charge in [-0.3, -0.25) is 9.69 Å². The Morgan fingerprint density at radius 2 is 1.79 bits per heavy atom. The Balaban J connectivity index is 1.62. The van der Waals surface area contributed by atoms with Crippen LogP contribution in [0.3, 0.4) is 0 Å². The van der Waals surface area contributed by atoms with E-state index in [1.54, 1.807) is 19.2 Å². The number of amides is 1. The van der Waals surface area contributed by atoms with E-state index in [2.05, 4.69) is 17.1 Å². The molecule has 0 N–H and O–H groups in total. The fourth-order valence-corrected chi connectivity index (χ4v) is 3.81. The fraction of sp³-hybridized carbons (Fsp3) is 0.375. The molecule has 2 aromatic carbocycles. The minimum Gasteiger partial charge on any atom is -0.497 e. The third-order valence-corrected chi connectivity index (χ3v) is 5.63. The summed E-state index contributed by atoms with van der Waals surface area (Å²) in [4.78, 5) is 17.4. The molecular weight excluding hydrogens is 367 g/mol. The lowest BCUT2D eigenvalue weighted by molar-refractivity contribution is -0.135. The zero-order valence-corrected chi connectivity index (χ0v) is 16.8. The van der Waals surface area contributed by atoms with E-state index in [-0.39, 0.29) is 17.8 Å². The molecule has 0 saturated heterocycles. The maximum absolute atomic E-state index is 13.3. The summed E-state index contributed by atoms with van der Waals surface area (Å²) in [7, 11) is 1.64. The molecule has 2 aromatic rings. The van der Waals surface area contributed by atoms with Crippen LogP contribution >= 0.6 is 0 Å². The van der Waals surface area contributed by atoms with E-state index in [1.807, 2.05) is 29.2 Å². The first kappa shape index (κ1) is 19.6. The predicted octanol–water partition coefficient (Wildman–Crippen LogP) is 4.19. The van der Waals surface area contributed by atoms with Gasteiger partial charge in [-0.25, -0.2) is 4.39 Å². The van der Waals surface area contributed by atoms with Crippen molar-refractivity contribution < 1.29 is 13.9 Å². The van der Waals surface area contributed by atoms with E-state index in [0.29, 0.717) is 13.1 Å². The van der Waals surface area contributed by atoms with Gasteiger partial charge >= 0.3 is 0 Å². The van der Waals surface area contributed by atoms with E-state index in [4.69, 9.17) is 4.74 Å². The van der Waals surface area contributed by atoms with Crippen molar-refractivity contribution in [3.05, 3.63) is 77.6 Å². The highest BCUT2D eigenvalue weighted by atomic mass is 19.1. The average molecular weight is 394 g/mol. The molecule has 0 bridgehead atoms. The Morgan fingerprint density at radius 1 is 1.07 bits per heavy atom. The summed E-state index contributed by atoms with van der Waals surface area (Å²) in [5, 5.41) is 0. The lowest BCUT2D eigenvalue weighted by atomic mass is 10.0. The van der Waals surface area contributed by atoms with Gasteiger partial charge in [0.2, 0.25) is 5.91 Å². The van der Waals surface area contributed by atoms with Crippen LogP contribution in [0, 0.1) is 11.7 Å². The molecule has 0 aromatic heterocycles. The van der Waals surface area contributed by atoms with Crippen LogP contribution in [0.2, 0.25) is 0 Å². The van der Waals surface area contributed by atoms with Crippen molar-refractivity contribution in [1.82, 2.24) is 9.80 Å². The molecule has 29 heavy (non-hydrogen) atoms. The van der Waals surface area contributed by atoms with Crippen LogP contribution in [0.15, 0.2) is 60.7 Å². The number of halogens is 1. The zero-order chi connectivity index (χ0) is 20.2. The second kappa shape index (κ2) is 8.78. The van der Waals surface area contributed by atoms with Crippen LogP contribution in [0.5, 0.6) is 5.75 Å². The molecule has 4 nitrogen and oxygen atoms in total. The molecule has 0 radical (unpaired) electrons. The van der Waals surface area contributed by atoms with Crippen molar-refractivity contribution in [3.63, 3.8) is 0 Å². The first-order valence-corrected chi connectivity index (χ1v) is 10.2. The molecule has 1 aliphatic heterocycles. The second-order valence-corrected chi connectivity index (χ2v) is 7.93. The summed E-state index contributed by atoms with van der Waals surface area (Å²) in [6.07, 6.45) is 6.81. The number of ether oxygens (including phenoxy) is 1. The monoisotopic (exact) mass is 394 g/mol. The maximum atomic E-state index is 13.3. The van der Waals surface area contributed by atoms with Gasteiger partial charge in [-0.2, -0.15) is 0 Å². The van der Waals surface area contributed by atoms with Crippen LogP contribution < -0.4 is 4.74 Å². The number of rotatable bonds is 6. The molecule has 1 amide bonds. The predicted molar refractivity (Wildman–Crippen MR) is 111 cm³/mol. The van der Waals surface area contributed by atoms with Crippen molar-refractivity contribution in [3.8, 4) is 5.75 Å². The van der Waals surface area contributed by atoms with E-state index in [1.165, 1.54) is 25.0 Å². The molecule has 5 heteroatoms. The molecule has 1 atom stereocenters. The van der Waals surface area contributed by atoms with Crippen molar-refractivity contribution in [2.75, 3.05) is 26.7 Å². The molecule has 0 unspecified atom stereocenters. The van der Waals surface area contributed by atoms with Gasteiger partial charge in [-0.15, -0.1) is 0 Å². The van der Waals surface area contributed by atoms with Crippen LogP contribution in [-0.2, 0) is 11.3 Å². The summed E-state index contributed by atoms with van der Waals surface area (Å²) in [6.45, 7) is 2.62. The van der Waals surface area contributed by atoms with Crippen LogP contribution in [0.4, 0.5) is 4.39 Å². The smallest absolute Gasteiger partial charge is 0.237 e. The molecule has 1 heterocycles. The van der Waals surface area contributed by atoms with Crippen molar-refractivity contribution >= 4 is 5.91 Å². The first-order valence-electron chi connectivity index (χ1n) is 10.2. The molecule has 1 saturated carbocycles. The highest BCUT2D eigenvalue weighted by molar-refractivity contribution is 5.79. The Morgan fingerprint density at radius 3 is 2.45 bits per heavy atom. The minimum atomic E-state index is -0.269. The lowest BCUT2D eigenvalue weighted by Crippen LogP contribution is -2.43. The number of hydrogen-bond acceptors (Lipinski definition) is 3. The minimum absolute atomic E-state index is 0.0974. The van der Waals surface area contributed by atoms with Gasteiger partial charge in [0.05, 0.1) is 19.7 Å². The Labute approximate surface area is 171 Å². The Kier molecular flexibility index (Phi) is 5.95. The van der Waals surface area contributed by atoms with Crippen LogP contribution in [0.25, 0.3) is 0 Å². The summed E-state index contributed by atoms with van der Waals surface area (Å²) in [6, 6.07) is 14.1. The Hall–Kier alpha value is -2.66. The van der Waals surface area contributed by atoms with Gasteiger partial charge in [-0.1, -0.05) is 36.4 Å². The summed E-state index contributed by atoms with van der Waals surface area (Å²) < 4.78 is 18.6. The van der Waals surface area contributed by atoms with Crippen LogP contribution in [0.1, 0.15) is 30.0 Å². The third-order valence-electron chi connectivity index (χ3n) is 5.63. The third kappa shape index (κ3) is 5.04. The topological polar surface area (TPSA) is 32.8 Å². The zero-order valence-electron chi connectivity index (χ0n) is 16.8. The number of methoxy groups -OCH3 is 1. The van der Waals surface area contributed by atoms with Gasteiger partial charge < -0.3 is 9.64 Å². The molecule has 1 aliphatic carbocycles. The number of carbonyl (C=O) groups is 1. The highest BCUT2D eigenvalue weighted by Crippen LogP contribution is 2.31. The normalized spacial score (nSPS) is 21.5.